The van der Waals surface area contributed by atoms with Crippen LogP contribution in [0, 0.1) is 12.9 Å². The van der Waals surface area contributed by atoms with Crippen molar-refractivity contribution in [2.75, 3.05) is 14.2 Å². The van der Waals surface area contributed by atoms with Crippen molar-refractivity contribution in [1.29, 1.82) is 0 Å². The van der Waals surface area contributed by atoms with E-state index >= 15 is 0 Å². The summed E-state index contributed by atoms with van der Waals surface area (Å²) in [7, 11) is 3.13. The van der Waals surface area contributed by atoms with Gasteiger partial charge in [0.25, 0.3) is 5.91 Å². The molecule has 1 aromatic heterocycles. The number of aromatic nitrogens is 1. The highest BCUT2D eigenvalue weighted by Gasteiger charge is 2.13. The number of pyridine rings is 1. The van der Waals surface area contributed by atoms with Crippen molar-refractivity contribution in [1.82, 2.24) is 10.3 Å². The first-order chi connectivity index (χ1) is 14.4. The van der Waals surface area contributed by atoms with E-state index in [1.54, 1.807) is 45.4 Å². The maximum atomic E-state index is 13.4. The minimum atomic E-state index is -0.542. The number of carbonyl (C=O) groups is 1. The third kappa shape index (κ3) is 4.75. The predicted octanol–water partition coefficient (Wildman–Crippen LogP) is 3.60. The van der Waals surface area contributed by atoms with E-state index in [0.29, 0.717) is 29.3 Å². The number of halogens is 1. The molecule has 0 aliphatic heterocycles. The molecule has 0 aliphatic rings. The number of amides is 1. The molecule has 0 bridgehead atoms. The lowest BCUT2D eigenvalue weighted by Gasteiger charge is -2.12. The van der Waals surface area contributed by atoms with Crippen LogP contribution in [0.2, 0.25) is 0 Å². The minimum Gasteiger partial charge on any atom is -0.493 e. The molecule has 30 heavy (non-hydrogen) atoms. The van der Waals surface area contributed by atoms with Gasteiger partial charge in [0.05, 0.1) is 14.2 Å². The number of nitrogens with two attached hydrogens (primary N) is 1. The van der Waals surface area contributed by atoms with Crippen molar-refractivity contribution >= 4 is 5.91 Å². The fourth-order valence-corrected chi connectivity index (χ4v) is 3.21. The predicted molar refractivity (Wildman–Crippen MR) is 113 cm³/mol. The van der Waals surface area contributed by atoms with Gasteiger partial charge in [-0.15, -0.1) is 0 Å². The maximum Gasteiger partial charge on any atom is 0.251 e. The second-order valence-electron chi connectivity index (χ2n) is 6.76. The van der Waals surface area contributed by atoms with Crippen LogP contribution < -0.4 is 20.5 Å². The van der Waals surface area contributed by atoms with Gasteiger partial charge in [0.2, 0.25) is 5.95 Å². The highest BCUT2D eigenvalue weighted by molar-refractivity contribution is 5.95. The van der Waals surface area contributed by atoms with Crippen molar-refractivity contribution in [2.24, 2.45) is 5.73 Å². The van der Waals surface area contributed by atoms with Crippen LogP contribution in [0.15, 0.2) is 48.5 Å². The number of benzene rings is 2. The van der Waals surface area contributed by atoms with E-state index in [-0.39, 0.29) is 12.5 Å². The van der Waals surface area contributed by atoms with Gasteiger partial charge in [-0.3, -0.25) is 4.79 Å². The molecular formula is C23H24FN3O3. The van der Waals surface area contributed by atoms with Gasteiger partial charge in [0.15, 0.2) is 11.5 Å². The summed E-state index contributed by atoms with van der Waals surface area (Å²) in [5, 5.41) is 2.91. The molecular weight excluding hydrogens is 385 g/mol. The summed E-state index contributed by atoms with van der Waals surface area (Å²) in [5.74, 6) is 0.431. The first-order valence-electron chi connectivity index (χ1n) is 9.41. The molecule has 3 rings (SSSR count). The Labute approximate surface area is 174 Å². The monoisotopic (exact) mass is 409 g/mol. The summed E-state index contributed by atoms with van der Waals surface area (Å²) < 4.78 is 23.9. The molecule has 0 radical (unpaired) electrons. The lowest BCUT2D eigenvalue weighted by atomic mass is 9.98. The Bertz CT molecular complexity index is 1070. The van der Waals surface area contributed by atoms with Gasteiger partial charge < -0.3 is 20.5 Å². The Morgan fingerprint density at radius 1 is 1.03 bits per heavy atom. The SMILES string of the molecule is COc1ccc(CNC(=O)c2cc(CN)cc(-c3ccc(F)nc3C)c2)cc1OC. The van der Waals surface area contributed by atoms with E-state index in [9.17, 15) is 9.18 Å². The molecule has 6 nitrogen and oxygen atoms in total. The molecule has 1 heterocycles. The van der Waals surface area contributed by atoms with E-state index in [4.69, 9.17) is 15.2 Å². The molecule has 0 saturated heterocycles. The number of aryl methyl sites for hydroxylation is 1. The van der Waals surface area contributed by atoms with Crippen molar-refractivity contribution < 1.29 is 18.7 Å². The van der Waals surface area contributed by atoms with Gasteiger partial charge in [-0.25, -0.2) is 4.98 Å². The fraction of sp³-hybridized carbons (Fsp3) is 0.217. The van der Waals surface area contributed by atoms with E-state index < -0.39 is 5.95 Å². The molecule has 0 fully saturated rings. The molecule has 7 heteroatoms. The maximum absolute atomic E-state index is 13.4. The van der Waals surface area contributed by atoms with Crippen molar-refractivity contribution in [3.63, 3.8) is 0 Å². The standard InChI is InChI=1S/C23H24FN3O3/c1-14-19(5-7-22(24)27-14)17-8-16(12-25)9-18(11-17)23(28)26-13-15-4-6-20(29-2)21(10-15)30-3/h4-11H,12-13,25H2,1-3H3,(H,26,28). The Balaban J connectivity index is 1.83. The largest absolute Gasteiger partial charge is 0.493 e. The average molecular weight is 409 g/mol. The Hall–Kier alpha value is -3.45. The zero-order valence-electron chi connectivity index (χ0n) is 17.2. The molecule has 156 valence electrons. The van der Waals surface area contributed by atoms with Gasteiger partial charge in [-0.05, 0) is 66.1 Å². The van der Waals surface area contributed by atoms with Crippen LogP contribution in [0.3, 0.4) is 0 Å². The number of hydrogen-bond acceptors (Lipinski definition) is 5. The van der Waals surface area contributed by atoms with Crippen LogP contribution in [0.1, 0.15) is 27.2 Å². The third-order valence-electron chi connectivity index (χ3n) is 4.75. The van der Waals surface area contributed by atoms with Crippen LogP contribution in [0.25, 0.3) is 11.1 Å². The van der Waals surface area contributed by atoms with Crippen LogP contribution in [-0.2, 0) is 13.1 Å². The summed E-state index contributed by atoms with van der Waals surface area (Å²) in [4.78, 5) is 16.7. The number of methoxy groups -OCH3 is 2. The smallest absolute Gasteiger partial charge is 0.251 e. The number of ether oxygens (including phenoxy) is 2. The number of hydrogen-bond donors (Lipinski definition) is 2. The van der Waals surface area contributed by atoms with Gasteiger partial charge in [-0.1, -0.05) is 6.07 Å². The third-order valence-corrected chi connectivity index (χ3v) is 4.75. The number of nitrogens with one attached hydrogen (secondary N) is 1. The minimum absolute atomic E-state index is 0.242. The molecule has 1 amide bonds. The van der Waals surface area contributed by atoms with Gasteiger partial charge >= 0.3 is 0 Å². The molecule has 3 N–H and O–H groups in total. The first-order valence-corrected chi connectivity index (χ1v) is 9.41. The molecule has 0 aliphatic carbocycles. The van der Waals surface area contributed by atoms with Gasteiger partial charge in [0.1, 0.15) is 0 Å². The molecule has 3 aromatic rings. The number of nitrogens with zero attached hydrogens (tertiary/aromatic N) is 1. The number of carbonyl (C=O) groups excluding carboxylic acids is 1. The Kier molecular flexibility index (Phi) is 6.64. The van der Waals surface area contributed by atoms with Crippen LogP contribution in [0.5, 0.6) is 11.5 Å². The quantitative estimate of drug-likeness (QED) is 0.583. The summed E-state index contributed by atoms with van der Waals surface area (Å²) in [6.07, 6.45) is 0. The van der Waals surface area contributed by atoms with Crippen LogP contribution >= 0.6 is 0 Å². The summed E-state index contributed by atoms with van der Waals surface area (Å²) in [6.45, 7) is 2.32. The summed E-state index contributed by atoms with van der Waals surface area (Å²) in [6, 6.07) is 13.8. The molecule has 2 aromatic carbocycles. The lowest BCUT2D eigenvalue weighted by molar-refractivity contribution is 0.0951. The van der Waals surface area contributed by atoms with E-state index in [0.717, 1.165) is 22.3 Å². The number of rotatable bonds is 7. The Morgan fingerprint density at radius 2 is 1.80 bits per heavy atom. The lowest BCUT2D eigenvalue weighted by Crippen LogP contribution is -2.23. The van der Waals surface area contributed by atoms with Crippen molar-refractivity contribution in [2.45, 2.75) is 20.0 Å². The normalized spacial score (nSPS) is 10.6. The second-order valence-corrected chi connectivity index (χ2v) is 6.76. The second kappa shape index (κ2) is 9.37. The topological polar surface area (TPSA) is 86.5 Å². The summed E-state index contributed by atoms with van der Waals surface area (Å²) in [5.41, 5.74) is 10.0. The molecule has 0 saturated carbocycles. The van der Waals surface area contributed by atoms with Crippen LogP contribution in [-0.4, -0.2) is 25.1 Å². The van der Waals surface area contributed by atoms with Gasteiger partial charge in [-0.2, -0.15) is 4.39 Å². The van der Waals surface area contributed by atoms with Crippen LogP contribution in [0.4, 0.5) is 4.39 Å². The highest BCUT2D eigenvalue weighted by Crippen LogP contribution is 2.28. The zero-order valence-corrected chi connectivity index (χ0v) is 17.2. The van der Waals surface area contributed by atoms with Crippen molar-refractivity contribution in [3.8, 4) is 22.6 Å². The fourth-order valence-electron chi connectivity index (χ4n) is 3.21. The average Bonchev–Trinajstić information content (AvgIpc) is 2.76. The van der Waals surface area contributed by atoms with Gasteiger partial charge in [0, 0.05) is 29.9 Å². The van der Waals surface area contributed by atoms with E-state index in [1.807, 2.05) is 18.2 Å². The molecule has 0 spiro atoms. The first kappa shape index (κ1) is 21.3. The van der Waals surface area contributed by atoms with Crippen molar-refractivity contribution in [3.05, 3.63) is 76.9 Å². The molecule has 0 atom stereocenters. The van der Waals surface area contributed by atoms with E-state index in [1.165, 1.54) is 6.07 Å². The Morgan fingerprint density at radius 3 is 2.47 bits per heavy atom. The highest BCUT2D eigenvalue weighted by atomic mass is 19.1. The summed E-state index contributed by atoms with van der Waals surface area (Å²) >= 11 is 0. The zero-order chi connectivity index (χ0) is 21.7. The van der Waals surface area contributed by atoms with E-state index in [2.05, 4.69) is 10.3 Å². The molecule has 0 unspecified atom stereocenters.